The molecule has 0 aromatic heterocycles. The van der Waals surface area contributed by atoms with Gasteiger partial charge in [0, 0.05) is 21.0 Å². The van der Waals surface area contributed by atoms with E-state index in [1.54, 1.807) is 0 Å². The van der Waals surface area contributed by atoms with E-state index in [-0.39, 0.29) is 0 Å². The predicted octanol–water partition coefficient (Wildman–Crippen LogP) is 6.50. The number of hydrogen-bond acceptors (Lipinski definition) is 1. The monoisotopic (exact) mass is 366 g/mol. The van der Waals surface area contributed by atoms with Crippen LogP contribution < -0.4 is 0 Å². The van der Waals surface area contributed by atoms with E-state index in [1.165, 1.54) is 21.6 Å². The maximum absolute atomic E-state index is 6.54. The summed E-state index contributed by atoms with van der Waals surface area (Å²) in [7, 11) is 0. The lowest BCUT2D eigenvalue weighted by Gasteiger charge is -2.24. The van der Waals surface area contributed by atoms with E-state index in [4.69, 9.17) is 11.6 Å². The fourth-order valence-corrected chi connectivity index (χ4v) is 4.79. The van der Waals surface area contributed by atoms with Gasteiger partial charge in [-0.3, -0.25) is 0 Å². The standard InChI is InChI=1S/C17H16BrClS/c1-10(2)16-11-7-8-14(18)17(19)13(11)9-20-15-6-4-3-5-12(15)16/h3-8,10,16H,9H2,1-2H3. The van der Waals surface area contributed by atoms with E-state index >= 15 is 0 Å². The quantitative estimate of drug-likeness (QED) is 0.554. The Labute approximate surface area is 138 Å². The zero-order chi connectivity index (χ0) is 14.3. The molecule has 0 aliphatic carbocycles. The molecule has 0 bridgehead atoms. The largest absolute Gasteiger partial charge is 0.121 e. The van der Waals surface area contributed by atoms with Crippen molar-refractivity contribution < 1.29 is 0 Å². The van der Waals surface area contributed by atoms with Crippen LogP contribution in [0.25, 0.3) is 0 Å². The first-order valence-corrected chi connectivity index (χ1v) is 8.93. The molecule has 0 saturated carbocycles. The highest BCUT2D eigenvalue weighted by atomic mass is 79.9. The molecular formula is C17H16BrClS. The van der Waals surface area contributed by atoms with Crippen molar-refractivity contribution in [1.82, 2.24) is 0 Å². The zero-order valence-corrected chi connectivity index (χ0v) is 14.6. The van der Waals surface area contributed by atoms with Crippen LogP contribution in [0.3, 0.4) is 0 Å². The Morgan fingerprint density at radius 2 is 1.90 bits per heavy atom. The van der Waals surface area contributed by atoms with Crippen LogP contribution in [0.5, 0.6) is 0 Å². The van der Waals surface area contributed by atoms with Crippen LogP contribution in [0.15, 0.2) is 45.8 Å². The molecule has 1 atom stereocenters. The Kier molecular flexibility index (Phi) is 4.16. The van der Waals surface area contributed by atoms with Gasteiger partial charge in [-0.1, -0.05) is 49.7 Å². The molecule has 3 rings (SSSR count). The number of thioether (sulfide) groups is 1. The molecule has 0 saturated heterocycles. The molecule has 0 spiro atoms. The maximum Gasteiger partial charge on any atom is 0.0591 e. The number of benzene rings is 2. The highest BCUT2D eigenvalue weighted by molar-refractivity contribution is 9.10. The molecule has 1 aliphatic heterocycles. The average Bonchev–Trinajstić information content (AvgIpc) is 2.60. The van der Waals surface area contributed by atoms with Crippen molar-refractivity contribution in [2.24, 2.45) is 5.92 Å². The highest BCUT2D eigenvalue weighted by Crippen LogP contribution is 2.46. The van der Waals surface area contributed by atoms with Gasteiger partial charge in [0.15, 0.2) is 0 Å². The van der Waals surface area contributed by atoms with Crippen LogP contribution in [0.4, 0.5) is 0 Å². The van der Waals surface area contributed by atoms with Crippen molar-refractivity contribution in [1.29, 1.82) is 0 Å². The third kappa shape index (κ3) is 2.43. The molecule has 1 aliphatic rings. The molecule has 2 aromatic rings. The molecule has 2 aromatic carbocycles. The third-order valence-electron chi connectivity index (χ3n) is 3.86. The minimum Gasteiger partial charge on any atom is -0.121 e. The average molecular weight is 368 g/mol. The van der Waals surface area contributed by atoms with Crippen molar-refractivity contribution in [3.8, 4) is 0 Å². The number of hydrogen-bond donors (Lipinski definition) is 0. The van der Waals surface area contributed by atoms with Crippen LogP contribution in [0, 0.1) is 5.92 Å². The van der Waals surface area contributed by atoms with E-state index in [9.17, 15) is 0 Å². The Morgan fingerprint density at radius 3 is 2.65 bits per heavy atom. The number of fused-ring (bicyclic) bond motifs is 2. The summed E-state index contributed by atoms with van der Waals surface area (Å²) >= 11 is 12.0. The lowest BCUT2D eigenvalue weighted by molar-refractivity contribution is 0.556. The molecule has 1 unspecified atom stereocenters. The van der Waals surface area contributed by atoms with E-state index in [2.05, 4.69) is 66.2 Å². The second-order valence-corrected chi connectivity index (χ2v) is 7.73. The smallest absolute Gasteiger partial charge is 0.0591 e. The Hall–Kier alpha value is -0.440. The Balaban J connectivity index is 2.25. The summed E-state index contributed by atoms with van der Waals surface area (Å²) in [6.07, 6.45) is 0. The summed E-state index contributed by atoms with van der Waals surface area (Å²) in [6.45, 7) is 4.58. The molecule has 0 amide bonds. The normalized spacial score (nSPS) is 17.6. The van der Waals surface area contributed by atoms with E-state index in [0.29, 0.717) is 11.8 Å². The first-order chi connectivity index (χ1) is 9.59. The minimum absolute atomic E-state index is 0.418. The van der Waals surface area contributed by atoms with Gasteiger partial charge in [0.2, 0.25) is 0 Å². The van der Waals surface area contributed by atoms with Crippen LogP contribution in [-0.4, -0.2) is 0 Å². The molecule has 3 heteroatoms. The summed E-state index contributed by atoms with van der Waals surface area (Å²) in [6, 6.07) is 13.1. The molecule has 0 N–H and O–H groups in total. The molecular weight excluding hydrogens is 352 g/mol. The summed E-state index contributed by atoms with van der Waals surface area (Å²) in [5.74, 6) is 1.90. The Morgan fingerprint density at radius 1 is 1.15 bits per heavy atom. The molecule has 0 radical (unpaired) electrons. The van der Waals surface area contributed by atoms with Gasteiger partial charge in [-0.05, 0) is 50.7 Å². The summed E-state index contributed by atoms with van der Waals surface area (Å²) < 4.78 is 0.993. The van der Waals surface area contributed by atoms with Gasteiger partial charge in [0.05, 0.1) is 5.02 Å². The van der Waals surface area contributed by atoms with Gasteiger partial charge in [0.1, 0.15) is 0 Å². The third-order valence-corrected chi connectivity index (χ3v) is 6.30. The van der Waals surface area contributed by atoms with Crippen molar-refractivity contribution >= 4 is 39.3 Å². The predicted molar refractivity (Wildman–Crippen MR) is 91.8 cm³/mol. The minimum atomic E-state index is 0.418. The van der Waals surface area contributed by atoms with Crippen LogP contribution >= 0.6 is 39.3 Å². The van der Waals surface area contributed by atoms with Crippen LogP contribution in [-0.2, 0) is 5.75 Å². The van der Waals surface area contributed by atoms with Crippen molar-refractivity contribution in [2.75, 3.05) is 0 Å². The number of halogens is 2. The second kappa shape index (κ2) is 5.75. The van der Waals surface area contributed by atoms with E-state index < -0.39 is 0 Å². The van der Waals surface area contributed by atoms with Crippen molar-refractivity contribution in [3.63, 3.8) is 0 Å². The summed E-state index contributed by atoms with van der Waals surface area (Å²) in [5.41, 5.74) is 4.09. The lowest BCUT2D eigenvalue weighted by atomic mass is 9.81. The van der Waals surface area contributed by atoms with Crippen LogP contribution in [0.1, 0.15) is 36.5 Å². The van der Waals surface area contributed by atoms with Crippen LogP contribution in [0.2, 0.25) is 5.02 Å². The fourth-order valence-electron chi connectivity index (χ4n) is 2.95. The lowest BCUT2D eigenvalue weighted by Crippen LogP contribution is -2.10. The van der Waals surface area contributed by atoms with Gasteiger partial charge >= 0.3 is 0 Å². The van der Waals surface area contributed by atoms with Crippen molar-refractivity contribution in [3.05, 3.63) is 62.6 Å². The Bertz CT molecular complexity index is 651. The topological polar surface area (TPSA) is 0 Å². The molecule has 0 fully saturated rings. The summed E-state index contributed by atoms with van der Waals surface area (Å²) in [4.78, 5) is 1.38. The molecule has 0 nitrogen and oxygen atoms in total. The summed E-state index contributed by atoms with van der Waals surface area (Å²) in [5, 5.41) is 0.869. The maximum atomic E-state index is 6.54. The molecule has 1 heterocycles. The van der Waals surface area contributed by atoms with E-state index in [0.717, 1.165) is 15.2 Å². The van der Waals surface area contributed by atoms with Gasteiger partial charge in [-0.2, -0.15) is 0 Å². The van der Waals surface area contributed by atoms with E-state index in [1.807, 2.05) is 11.8 Å². The second-order valence-electron chi connectivity index (χ2n) is 5.48. The zero-order valence-electron chi connectivity index (χ0n) is 11.5. The van der Waals surface area contributed by atoms with Gasteiger partial charge < -0.3 is 0 Å². The number of rotatable bonds is 1. The van der Waals surface area contributed by atoms with Crippen molar-refractivity contribution in [2.45, 2.75) is 30.4 Å². The molecule has 104 valence electrons. The van der Waals surface area contributed by atoms with Gasteiger partial charge in [-0.15, -0.1) is 11.8 Å². The highest BCUT2D eigenvalue weighted by Gasteiger charge is 2.27. The first kappa shape index (κ1) is 14.5. The first-order valence-electron chi connectivity index (χ1n) is 6.78. The van der Waals surface area contributed by atoms with Gasteiger partial charge in [0.25, 0.3) is 0 Å². The molecule has 20 heavy (non-hydrogen) atoms. The SMILES string of the molecule is CC(C)C1c2ccccc2SCc2c1ccc(Br)c2Cl. The van der Waals surface area contributed by atoms with Gasteiger partial charge in [-0.25, -0.2) is 0 Å². The fraction of sp³-hybridized carbons (Fsp3) is 0.294.